The van der Waals surface area contributed by atoms with Crippen LogP contribution in [0.2, 0.25) is 0 Å². The van der Waals surface area contributed by atoms with Gasteiger partial charge in [0, 0.05) is 45.4 Å². The number of hydrogen-bond acceptors (Lipinski definition) is 3. The van der Waals surface area contributed by atoms with Crippen molar-refractivity contribution in [3.05, 3.63) is 0 Å². The molecule has 5 nitrogen and oxygen atoms in total. The number of piperidine rings is 1. The molecule has 0 bridgehead atoms. The molecule has 148 valence electrons. The van der Waals surface area contributed by atoms with Gasteiger partial charge in [-0.2, -0.15) is 13.2 Å². The minimum atomic E-state index is -4.13. The number of guanidine groups is 1. The summed E-state index contributed by atoms with van der Waals surface area (Å²) in [5.74, 6) is 0.825. The van der Waals surface area contributed by atoms with Gasteiger partial charge in [0.05, 0.1) is 12.6 Å². The number of likely N-dealkylation sites (tertiary alicyclic amines) is 2. The molecule has 0 spiro atoms. The van der Waals surface area contributed by atoms with Crippen LogP contribution in [-0.2, 0) is 4.74 Å². The van der Waals surface area contributed by atoms with Crippen LogP contribution in [-0.4, -0.2) is 80.0 Å². The number of alkyl halides is 3. The van der Waals surface area contributed by atoms with E-state index in [0.29, 0.717) is 32.2 Å². The predicted molar refractivity (Wildman–Crippen MR) is 104 cm³/mol. The highest BCUT2D eigenvalue weighted by atomic mass is 127. The first-order chi connectivity index (χ1) is 11.4. The van der Waals surface area contributed by atoms with Gasteiger partial charge >= 0.3 is 6.18 Å². The first kappa shape index (κ1) is 22.8. The summed E-state index contributed by atoms with van der Waals surface area (Å²) in [7, 11) is 0. The SMILES string of the molecule is CCN=C(NC1CCN(CC(F)(F)F)C1)N1CCC(OCC)CC1.I. The number of aliphatic imine (C=N–C) groups is 1. The maximum atomic E-state index is 12.5. The molecule has 1 unspecified atom stereocenters. The predicted octanol–water partition coefficient (Wildman–Crippen LogP) is 2.71. The average molecular weight is 478 g/mol. The van der Waals surface area contributed by atoms with Gasteiger partial charge in [-0.1, -0.05) is 0 Å². The molecule has 0 amide bonds. The molecule has 9 heteroatoms. The molecule has 2 aliphatic heterocycles. The number of ether oxygens (including phenoxy) is 1. The topological polar surface area (TPSA) is 40.1 Å². The maximum Gasteiger partial charge on any atom is 0.401 e. The molecule has 0 aliphatic carbocycles. The van der Waals surface area contributed by atoms with Gasteiger partial charge in [0.15, 0.2) is 5.96 Å². The van der Waals surface area contributed by atoms with E-state index >= 15 is 0 Å². The lowest BCUT2D eigenvalue weighted by atomic mass is 10.1. The molecule has 2 saturated heterocycles. The van der Waals surface area contributed by atoms with Crippen molar-refractivity contribution < 1.29 is 17.9 Å². The molecule has 0 saturated carbocycles. The third-order valence-corrected chi connectivity index (χ3v) is 4.46. The Morgan fingerprint density at radius 1 is 1.16 bits per heavy atom. The van der Waals surface area contributed by atoms with Crippen molar-refractivity contribution in [2.45, 2.75) is 51.4 Å². The summed E-state index contributed by atoms with van der Waals surface area (Å²) >= 11 is 0. The zero-order valence-electron chi connectivity index (χ0n) is 15.0. The number of halogens is 4. The summed E-state index contributed by atoms with van der Waals surface area (Å²) in [6.07, 6.45) is -1.18. The van der Waals surface area contributed by atoms with Crippen molar-refractivity contribution in [2.75, 3.05) is 45.9 Å². The maximum absolute atomic E-state index is 12.5. The van der Waals surface area contributed by atoms with E-state index in [1.165, 1.54) is 4.90 Å². The average Bonchev–Trinajstić information content (AvgIpc) is 2.93. The van der Waals surface area contributed by atoms with Crippen LogP contribution in [0.25, 0.3) is 0 Å². The molecule has 0 aromatic rings. The fourth-order valence-corrected chi connectivity index (χ4v) is 3.39. The van der Waals surface area contributed by atoms with Gasteiger partial charge in [-0.15, -0.1) is 24.0 Å². The second kappa shape index (κ2) is 10.8. The summed E-state index contributed by atoms with van der Waals surface area (Å²) in [5.41, 5.74) is 0. The fraction of sp³-hybridized carbons (Fsp3) is 0.938. The van der Waals surface area contributed by atoms with Gasteiger partial charge in [-0.3, -0.25) is 9.89 Å². The molecule has 25 heavy (non-hydrogen) atoms. The Hall–Kier alpha value is -0.290. The normalized spacial score (nSPS) is 23.6. The van der Waals surface area contributed by atoms with Crippen LogP contribution in [0.15, 0.2) is 4.99 Å². The van der Waals surface area contributed by atoms with Gasteiger partial charge in [0.25, 0.3) is 0 Å². The molecule has 2 rings (SSSR count). The third kappa shape index (κ3) is 7.86. The van der Waals surface area contributed by atoms with Crippen LogP contribution >= 0.6 is 24.0 Å². The number of rotatable bonds is 5. The Kier molecular flexibility index (Phi) is 9.79. The smallest absolute Gasteiger partial charge is 0.378 e. The van der Waals surface area contributed by atoms with E-state index < -0.39 is 12.7 Å². The fourth-order valence-electron chi connectivity index (χ4n) is 3.39. The van der Waals surface area contributed by atoms with Gasteiger partial charge in [0.1, 0.15) is 0 Å². The number of nitrogens with one attached hydrogen (secondary N) is 1. The largest absolute Gasteiger partial charge is 0.401 e. The first-order valence-electron chi connectivity index (χ1n) is 8.88. The molecule has 0 aromatic carbocycles. The number of hydrogen-bond donors (Lipinski definition) is 1. The van der Waals surface area contributed by atoms with Gasteiger partial charge in [-0.25, -0.2) is 0 Å². The van der Waals surface area contributed by atoms with Crippen molar-refractivity contribution in [1.29, 1.82) is 0 Å². The van der Waals surface area contributed by atoms with E-state index in [2.05, 4.69) is 15.2 Å². The Morgan fingerprint density at radius 2 is 1.84 bits per heavy atom. The molecule has 1 atom stereocenters. The first-order valence-corrected chi connectivity index (χ1v) is 8.88. The Bertz CT molecular complexity index is 415. The van der Waals surface area contributed by atoms with Crippen LogP contribution in [0.1, 0.15) is 33.1 Å². The molecule has 2 heterocycles. The van der Waals surface area contributed by atoms with Crippen molar-refractivity contribution in [3.63, 3.8) is 0 Å². The third-order valence-electron chi connectivity index (χ3n) is 4.46. The summed E-state index contributed by atoms with van der Waals surface area (Å²) in [4.78, 5) is 8.19. The molecular formula is C16H30F3IN4O. The highest BCUT2D eigenvalue weighted by molar-refractivity contribution is 14.0. The monoisotopic (exact) mass is 478 g/mol. The highest BCUT2D eigenvalue weighted by Gasteiger charge is 2.35. The van der Waals surface area contributed by atoms with Crippen LogP contribution in [0, 0.1) is 0 Å². The van der Waals surface area contributed by atoms with E-state index in [9.17, 15) is 13.2 Å². The second-order valence-electron chi connectivity index (χ2n) is 6.42. The summed E-state index contributed by atoms with van der Waals surface area (Å²) in [5, 5.41) is 3.38. The van der Waals surface area contributed by atoms with Gasteiger partial charge in [-0.05, 0) is 33.1 Å². The molecule has 2 fully saturated rings. The Labute approximate surface area is 165 Å². The number of nitrogens with zero attached hydrogens (tertiary/aromatic N) is 3. The molecule has 1 N–H and O–H groups in total. The minimum Gasteiger partial charge on any atom is -0.378 e. The van der Waals surface area contributed by atoms with E-state index in [4.69, 9.17) is 4.74 Å². The van der Waals surface area contributed by atoms with E-state index in [1.54, 1.807) is 0 Å². The lowest BCUT2D eigenvalue weighted by molar-refractivity contribution is -0.143. The summed E-state index contributed by atoms with van der Waals surface area (Å²) in [6.45, 7) is 7.17. The molecule has 0 aromatic heterocycles. The van der Waals surface area contributed by atoms with Crippen molar-refractivity contribution in [1.82, 2.24) is 15.1 Å². The van der Waals surface area contributed by atoms with Crippen molar-refractivity contribution >= 4 is 29.9 Å². The van der Waals surface area contributed by atoms with E-state index in [0.717, 1.165) is 38.5 Å². The zero-order valence-corrected chi connectivity index (χ0v) is 17.3. The lowest BCUT2D eigenvalue weighted by Gasteiger charge is -2.35. The van der Waals surface area contributed by atoms with Crippen LogP contribution in [0.5, 0.6) is 0 Å². The quantitative estimate of drug-likeness (QED) is 0.375. The Morgan fingerprint density at radius 3 is 2.40 bits per heavy atom. The molecule has 0 radical (unpaired) electrons. The van der Waals surface area contributed by atoms with Crippen molar-refractivity contribution in [3.8, 4) is 0 Å². The molecule has 2 aliphatic rings. The van der Waals surface area contributed by atoms with Gasteiger partial charge in [0.2, 0.25) is 0 Å². The Balaban J connectivity index is 0.00000312. The van der Waals surface area contributed by atoms with Crippen LogP contribution in [0.4, 0.5) is 13.2 Å². The van der Waals surface area contributed by atoms with E-state index in [-0.39, 0.29) is 30.0 Å². The standard InChI is InChI=1S/C16H29F3N4O.HI/c1-3-20-15(23-9-6-14(7-10-23)24-4-2)21-13-5-8-22(11-13)12-16(17,18)19;/h13-14H,3-12H2,1-2H3,(H,20,21);1H. The van der Waals surface area contributed by atoms with Crippen LogP contribution < -0.4 is 5.32 Å². The summed E-state index contributed by atoms with van der Waals surface area (Å²) in [6, 6.07) is 0.0299. The zero-order chi connectivity index (χ0) is 17.6. The van der Waals surface area contributed by atoms with E-state index in [1.807, 2.05) is 13.8 Å². The lowest BCUT2D eigenvalue weighted by Crippen LogP contribution is -2.50. The summed E-state index contributed by atoms with van der Waals surface area (Å²) < 4.78 is 43.2. The highest BCUT2D eigenvalue weighted by Crippen LogP contribution is 2.20. The van der Waals surface area contributed by atoms with Gasteiger partial charge < -0.3 is 15.0 Å². The minimum absolute atomic E-state index is 0. The molecular weight excluding hydrogens is 448 g/mol. The van der Waals surface area contributed by atoms with Crippen LogP contribution in [0.3, 0.4) is 0 Å². The second-order valence-corrected chi connectivity index (χ2v) is 6.42. The van der Waals surface area contributed by atoms with Crippen molar-refractivity contribution in [2.24, 2.45) is 4.99 Å².